The first-order chi connectivity index (χ1) is 47.3. The number of aliphatic hydroxyl groups is 1. The van der Waals surface area contributed by atoms with Crippen LogP contribution in [0.25, 0.3) is 0 Å². The van der Waals surface area contributed by atoms with Crippen molar-refractivity contribution in [3.8, 4) is 0 Å². The predicted molar refractivity (Wildman–Crippen MR) is 400 cm³/mol. The molecule has 98 heavy (non-hydrogen) atoms. The predicted octanol–water partition coefficient (Wildman–Crippen LogP) is 23.4. The number of hydrogen-bond donors (Lipinski definition) is 3. The van der Waals surface area contributed by atoms with Gasteiger partial charge in [0.15, 0.2) is 12.2 Å². The standard InChI is InChI=1S/C79H154O17P2/c1-8-10-11-12-13-14-15-16-22-25-31-39-46-53-60-76(81)89-66-74(95-78(83)62-55-48-41-32-26-23-20-18-17-19-21-24-29-36-43-50-57-70(3)4)68-93-97(85,86)91-64-73(80)65-92-98(87,88)94-69-75(67-90-77(82)61-54-47-40-35-34-38-45-52-59-72(7)9-2)96-79(84)63-56-49-42-33-28-27-30-37-44-51-58-71(5)6/h70-75,80H,8-69H2,1-7H3,(H,85,86)(H,87,88)/t72?,73-,74-,75-/m1/s1. The summed E-state index contributed by atoms with van der Waals surface area (Å²) < 4.78 is 68.7. The van der Waals surface area contributed by atoms with Crippen LogP contribution in [0.5, 0.6) is 0 Å². The van der Waals surface area contributed by atoms with Crippen LogP contribution in [0.15, 0.2) is 0 Å². The fourth-order valence-corrected chi connectivity index (χ4v) is 13.7. The zero-order valence-corrected chi connectivity index (χ0v) is 66.0. The number of esters is 4. The van der Waals surface area contributed by atoms with Crippen molar-refractivity contribution < 1.29 is 80.2 Å². The number of carbonyl (C=O) groups excluding carboxylic acids is 4. The van der Waals surface area contributed by atoms with E-state index in [1.807, 2.05) is 0 Å². The average Bonchev–Trinajstić information content (AvgIpc) is 1.15. The summed E-state index contributed by atoms with van der Waals surface area (Å²) in [6.45, 7) is 11.9. The highest BCUT2D eigenvalue weighted by molar-refractivity contribution is 7.47. The Bertz CT molecular complexity index is 1910. The summed E-state index contributed by atoms with van der Waals surface area (Å²) >= 11 is 0. The second kappa shape index (κ2) is 69.4. The number of carbonyl (C=O) groups is 4. The lowest BCUT2D eigenvalue weighted by Gasteiger charge is -2.21. The van der Waals surface area contributed by atoms with E-state index in [0.29, 0.717) is 25.7 Å². The Balaban J connectivity index is 5.26. The van der Waals surface area contributed by atoms with Crippen molar-refractivity contribution in [1.29, 1.82) is 0 Å². The maximum atomic E-state index is 13.1. The molecular weight excluding hydrogens is 1280 g/mol. The molecule has 0 radical (unpaired) electrons. The van der Waals surface area contributed by atoms with Crippen LogP contribution in [0.3, 0.4) is 0 Å². The molecule has 3 unspecified atom stereocenters. The summed E-state index contributed by atoms with van der Waals surface area (Å²) in [5.41, 5.74) is 0. The van der Waals surface area contributed by atoms with Crippen molar-refractivity contribution in [3.05, 3.63) is 0 Å². The number of aliphatic hydroxyl groups excluding tert-OH is 1. The van der Waals surface area contributed by atoms with E-state index < -0.39 is 97.5 Å². The van der Waals surface area contributed by atoms with Crippen LogP contribution in [0.4, 0.5) is 0 Å². The average molecular weight is 1440 g/mol. The molecule has 0 aromatic heterocycles. The number of unbranched alkanes of at least 4 members (excludes halogenated alkanes) is 44. The Morgan fingerprint density at radius 3 is 0.776 bits per heavy atom. The number of rotatable bonds is 77. The van der Waals surface area contributed by atoms with Gasteiger partial charge in [0.25, 0.3) is 0 Å². The quantitative estimate of drug-likeness (QED) is 0.0222. The Morgan fingerprint density at radius 1 is 0.296 bits per heavy atom. The van der Waals surface area contributed by atoms with Crippen LogP contribution < -0.4 is 0 Å². The zero-order valence-electron chi connectivity index (χ0n) is 64.3. The Morgan fingerprint density at radius 2 is 0.520 bits per heavy atom. The number of hydrogen-bond acceptors (Lipinski definition) is 15. The third-order valence-corrected chi connectivity index (χ3v) is 20.6. The molecule has 6 atom stereocenters. The van der Waals surface area contributed by atoms with Gasteiger partial charge in [-0.1, -0.05) is 357 Å². The summed E-state index contributed by atoms with van der Waals surface area (Å²) in [5.74, 6) is 0.226. The molecule has 0 aromatic rings. The van der Waals surface area contributed by atoms with Gasteiger partial charge in [0.05, 0.1) is 26.4 Å². The molecule has 17 nitrogen and oxygen atoms in total. The first kappa shape index (κ1) is 96.1. The molecule has 0 aliphatic heterocycles. The van der Waals surface area contributed by atoms with Gasteiger partial charge in [-0.05, 0) is 43.4 Å². The van der Waals surface area contributed by atoms with Gasteiger partial charge in [0.1, 0.15) is 19.3 Å². The summed E-state index contributed by atoms with van der Waals surface area (Å²) in [4.78, 5) is 73.0. The van der Waals surface area contributed by atoms with Gasteiger partial charge >= 0.3 is 39.5 Å². The monoisotopic (exact) mass is 1440 g/mol. The lowest BCUT2D eigenvalue weighted by molar-refractivity contribution is -0.161. The molecular formula is C79H154O17P2. The molecule has 0 bridgehead atoms. The fourth-order valence-electron chi connectivity index (χ4n) is 12.1. The zero-order chi connectivity index (χ0) is 72.3. The highest BCUT2D eigenvalue weighted by Crippen LogP contribution is 2.45. The van der Waals surface area contributed by atoms with Crippen molar-refractivity contribution in [2.24, 2.45) is 17.8 Å². The Labute approximate surface area is 600 Å². The molecule has 0 aromatic carbocycles. The van der Waals surface area contributed by atoms with Crippen LogP contribution in [0.2, 0.25) is 0 Å². The second-order valence-corrected chi connectivity index (χ2v) is 32.6. The third-order valence-electron chi connectivity index (χ3n) is 18.7. The van der Waals surface area contributed by atoms with E-state index in [2.05, 4.69) is 48.5 Å². The van der Waals surface area contributed by atoms with Crippen LogP contribution >= 0.6 is 15.6 Å². The van der Waals surface area contributed by atoms with Gasteiger partial charge in [-0.15, -0.1) is 0 Å². The fraction of sp³-hybridized carbons (Fsp3) is 0.949. The number of phosphoric ester groups is 2. The first-order valence-electron chi connectivity index (χ1n) is 40.9. The summed E-state index contributed by atoms with van der Waals surface area (Å²) in [6, 6.07) is 0. The summed E-state index contributed by atoms with van der Waals surface area (Å²) in [6.07, 6.45) is 56.8. The van der Waals surface area contributed by atoms with Crippen LogP contribution in [0.1, 0.15) is 408 Å². The Hall–Kier alpha value is -1.94. The number of phosphoric acid groups is 2. The SMILES string of the molecule is CCCCCCCCCCCCCCCCC(=O)OC[C@H](COP(=O)(O)OC[C@@H](O)COP(=O)(O)OC[C@@H](COC(=O)CCCCCCCCCCC(C)CC)OC(=O)CCCCCCCCCCCCC(C)C)OC(=O)CCCCCCCCCCCCCCCCCCC(C)C. The first-order valence-corrected chi connectivity index (χ1v) is 43.9. The molecule has 0 saturated heterocycles. The normalized spacial score (nSPS) is 14.3. The smallest absolute Gasteiger partial charge is 0.462 e. The van der Waals surface area contributed by atoms with E-state index in [9.17, 15) is 43.2 Å². The minimum Gasteiger partial charge on any atom is -0.462 e. The lowest BCUT2D eigenvalue weighted by Crippen LogP contribution is -2.30. The van der Waals surface area contributed by atoms with Gasteiger partial charge in [-0.3, -0.25) is 37.3 Å². The largest absolute Gasteiger partial charge is 0.472 e. The minimum atomic E-state index is -4.96. The molecule has 0 fully saturated rings. The van der Waals surface area contributed by atoms with Gasteiger partial charge in [-0.25, -0.2) is 9.13 Å². The number of ether oxygens (including phenoxy) is 4. The molecule has 0 aliphatic rings. The van der Waals surface area contributed by atoms with Gasteiger partial charge in [0.2, 0.25) is 0 Å². The van der Waals surface area contributed by atoms with Gasteiger partial charge in [-0.2, -0.15) is 0 Å². The lowest BCUT2D eigenvalue weighted by atomic mass is 9.99. The molecule has 0 spiro atoms. The van der Waals surface area contributed by atoms with E-state index in [-0.39, 0.29) is 25.7 Å². The van der Waals surface area contributed by atoms with E-state index in [1.54, 1.807) is 0 Å². The maximum absolute atomic E-state index is 13.1. The van der Waals surface area contributed by atoms with Gasteiger partial charge < -0.3 is 33.8 Å². The highest BCUT2D eigenvalue weighted by atomic mass is 31.2. The van der Waals surface area contributed by atoms with E-state index >= 15 is 0 Å². The molecule has 0 aliphatic carbocycles. The van der Waals surface area contributed by atoms with Gasteiger partial charge in [0, 0.05) is 25.7 Å². The van der Waals surface area contributed by atoms with Crippen molar-refractivity contribution in [2.45, 2.75) is 426 Å². The Kier molecular flexibility index (Phi) is 68.1. The molecule has 0 rings (SSSR count). The van der Waals surface area contributed by atoms with Crippen LogP contribution in [0, 0.1) is 17.8 Å². The summed E-state index contributed by atoms with van der Waals surface area (Å²) in [5, 5.41) is 10.6. The highest BCUT2D eigenvalue weighted by Gasteiger charge is 2.30. The van der Waals surface area contributed by atoms with Crippen LogP contribution in [-0.4, -0.2) is 96.7 Å². The maximum Gasteiger partial charge on any atom is 0.472 e. The molecule has 0 amide bonds. The molecule has 3 N–H and O–H groups in total. The molecule has 582 valence electrons. The van der Waals surface area contributed by atoms with E-state index in [4.69, 9.17) is 37.0 Å². The topological polar surface area (TPSA) is 237 Å². The second-order valence-electron chi connectivity index (χ2n) is 29.6. The molecule has 0 saturated carbocycles. The van der Waals surface area contributed by atoms with E-state index in [1.165, 1.54) is 218 Å². The molecule has 0 heterocycles. The third kappa shape index (κ3) is 71.1. The van der Waals surface area contributed by atoms with Crippen molar-refractivity contribution >= 4 is 39.5 Å². The van der Waals surface area contributed by atoms with Crippen molar-refractivity contribution in [2.75, 3.05) is 39.6 Å². The van der Waals surface area contributed by atoms with Crippen molar-refractivity contribution in [1.82, 2.24) is 0 Å². The summed E-state index contributed by atoms with van der Waals surface area (Å²) in [7, 11) is -9.92. The molecule has 19 heteroatoms. The minimum absolute atomic E-state index is 0.105. The van der Waals surface area contributed by atoms with Crippen molar-refractivity contribution in [3.63, 3.8) is 0 Å². The van der Waals surface area contributed by atoms with Crippen LogP contribution in [-0.2, 0) is 65.4 Å². The van der Waals surface area contributed by atoms with E-state index in [0.717, 1.165) is 108 Å².